The third kappa shape index (κ3) is 3.89. The summed E-state index contributed by atoms with van der Waals surface area (Å²) in [5.41, 5.74) is 6.99. The number of aryl methyl sites for hydroxylation is 1. The van der Waals surface area contributed by atoms with Crippen LogP contribution in [0.5, 0.6) is 5.75 Å². The van der Waals surface area contributed by atoms with Crippen molar-refractivity contribution in [1.29, 1.82) is 0 Å². The number of benzene rings is 1. The Hall–Kier alpha value is -3.86. The van der Waals surface area contributed by atoms with E-state index in [4.69, 9.17) is 10.5 Å². The Kier molecular flexibility index (Phi) is 5.57. The van der Waals surface area contributed by atoms with Crippen LogP contribution in [0.15, 0.2) is 36.4 Å². The van der Waals surface area contributed by atoms with E-state index in [9.17, 15) is 18.4 Å². The van der Waals surface area contributed by atoms with Crippen LogP contribution in [0.2, 0.25) is 0 Å². The van der Waals surface area contributed by atoms with Gasteiger partial charge in [0.05, 0.1) is 18.5 Å². The van der Waals surface area contributed by atoms with Crippen molar-refractivity contribution >= 4 is 39.1 Å². The molecule has 0 fully saturated rings. The van der Waals surface area contributed by atoms with Crippen molar-refractivity contribution in [1.82, 2.24) is 15.2 Å². The predicted octanol–water partition coefficient (Wildman–Crippen LogP) is 4.29. The van der Waals surface area contributed by atoms with Crippen LogP contribution in [0.3, 0.4) is 0 Å². The molecule has 0 saturated carbocycles. The minimum atomic E-state index is -2.77. The second-order valence-corrected chi connectivity index (χ2v) is 7.87. The molecular formula is C21H17F2N5O3S. The molecule has 0 radical (unpaired) electrons. The Morgan fingerprint density at radius 1 is 1.25 bits per heavy atom. The van der Waals surface area contributed by atoms with Crippen molar-refractivity contribution in [2.24, 2.45) is 5.73 Å². The molecule has 11 heteroatoms. The van der Waals surface area contributed by atoms with Gasteiger partial charge in [0.25, 0.3) is 18.2 Å². The van der Waals surface area contributed by atoms with Gasteiger partial charge >= 0.3 is 0 Å². The van der Waals surface area contributed by atoms with Gasteiger partial charge < -0.3 is 15.8 Å². The number of aromatic nitrogens is 3. The number of amides is 2. The van der Waals surface area contributed by atoms with Crippen molar-refractivity contribution in [3.05, 3.63) is 58.2 Å². The second-order valence-electron chi connectivity index (χ2n) is 6.87. The van der Waals surface area contributed by atoms with E-state index in [0.717, 1.165) is 16.9 Å². The van der Waals surface area contributed by atoms with Crippen LogP contribution < -0.4 is 15.8 Å². The Balaban J connectivity index is 1.70. The first-order chi connectivity index (χ1) is 15.3. The molecule has 0 unspecified atom stereocenters. The van der Waals surface area contributed by atoms with E-state index in [2.05, 4.69) is 20.5 Å². The van der Waals surface area contributed by atoms with E-state index in [1.165, 1.54) is 6.07 Å². The van der Waals surface area contributed by atoms with E-state index < -0.39 is 23.9 Å². The SMILES string of the molecule is COc1cccc(-c2cc(C(=O)Nc3c(C(N)=O)sc4nc(C(F)F)cc(C)c34)[nH]n2)c1. The van der Waals surface area contributed by atoms with Gasteiger partial charge in [0.15, 0.2) is 0 Å². The van der Waals surface area contributed by atoms with Crippen molar-refractivity contribution in [3.63, 3.8) is 0 Å². The zero-order chi connectivity index (χ0) is 23.0. The lowest BCUT2D eigenvalue weighted by Crippen LogP contribution is -2.17. The third-order valence-electron chi connectivity index (χ3n) is 4.75. The lowest BCUT2D eigenvalue weighted by atomic mass is 10.1. The number of fused-ring (bicyclic) bond motifs is 1. The van der Waals surface area contributed by atoms with Gasteiger partial charge in [0.1, 0.15) is 26.8 Å². The number of anilines is 1. The molecule has 32 heavy (non-hydrogen) atoms. The zero-order valence-electron chi connectivity index (χ0n) is 16.9. The average molecular weight is 457 g/mol. The van der Waals surface area contributed by atoms with Crippen LogP contribution in [0.1, 0.15) is 37.8 Å². The van der Waals surface area contributed by atoms with Crippen molar-refractivity contribution in [2.75, 3.05) is 12.4 Å². The van der Waals surface area contributed by atoms with Gasteiger partial charge in [-0.2, -0.15) is 5.10 Å². The number of nitrogens with one attached hydrogen (secondary N) is 2. The number of carbonyl (C=O) groups is 2. The highest BCUT2D eigenvalue weighted by atomic mass is 32.1. The number of methoxy groups -OCH3 is 1. The lowest BCUT2D eigenvalue weighted by Gasteiger charge is -2.07. The molecule has 0 bridgehead atoms. The summed E-state index contributed by atoms with van der Waals surface area (Å²) >= 11 is 0.848. The van der Waals surface area contributed by atoms with Gasteiger partial charge in [0, 0.05) is 10.9 Å². The molecule has 164 valence electrons. The molecule has 0 aliphatic rings. The predicted molar refractivity (Wildman–Crippen MR) is 116 cm³/mol. The number of hydrogen-bond donors (Lipinski definition) is 3. The first-order valence-electron chi connectivity index (χ1n) is 9.31. The summed E-state index contributed by atoms with van der Waals surface area (Å²) < 4.78 is 31.4. The number of nitrogens with zero attached hydrogens (tertiary/aromatic N) is 2. The highest BCUT2D eigenvalue weighted by Crippen LogP contribution is 2.38. The van der Waals surface area contributed by atoms with E-state index in [0.29, 0.717) is 22.4 Å². The number of hydrogen-bond acceptors (Lipinski definition) is 6. The van der Waals surface area contributed by atoms with Crippen molar-refractivity contribution in [2.45, 2.75) is 13.3 Å². The quantitative estimate of drug-likeness (QED) is 0.399. The van der Waals surface area contributed by atoms with Crippen molar-refractivity contribution in [3.8, 4) is 17.0 Å². The monoisotopic (exact) mass is 457 g/mol. The smallest absolute Gasteiger partial charge is 0.280 e. The lowest BCUT2D eigenvalue weighted by molar-refractivity contribution is 0.100. The molecule has 2 amide bonds. The normalized spacial score (nSPS) is 11.2. The van der Waals surface area contributed by atoms with E-state index >= 15 is 0 Å². The van der Waals surface area contributed by atoms with Gasteiger partial charge in [-0.25, -0.2) is 13.8 Å². The second kappa shape index (κ2) is 8.35. The standard InChI is InChI=1S/C21H17F2N5O3S/c1-9-6-13(18(22)23)25-21-15(9)16(17(32-21)19(24)29)26-20(30)14-8-12(27-28-14)10-4-3-5-11(7-10)31-2/h3-8,18H,1-2H3,(H2,24,29)(H,26,30)(H,27,28). The number of pyridine rings is 1. The number of thiophene rings is 1. The number of carbonyl (C=O) groups excluding carboxylic acids is 2. The van der Waals surface area contributed by atoms with Crippen LogP contribution in [-0.2, 0) is 0 Å². The number of H-pyrrole nitrogens is 1. The molecule has 4 N–H and O–H groups in total. The first-order valence-corrected chi connectivity index (χ1v) is 10.1. The molecule has 1 aromatic carbocycles. The summed E-state index contributed by atoms with van der Waals surface area (Å²) in [5, 5.41) is 9.85. The number of rotatable bonds is 6. The molecule has 3 heterocycles. The summed E-state index contributed by atoms with van der Waals surface area (Å²) in [6.07, 6.45) is -2.77. The fourth-order valence-corrected chi connectivity index (χ4v) is 4.33. The largest absolute Gasteiger partial charge is 0.497 e. The average Bonchev–Trinajstić information content (AvgIpc) is 3.39. The maximum Gasteiger partial charge on any atom is 0.280 e. The minimum Gasteiger partial charge on any atom is -0.497 e. The highest BCUT2D eigenvalue weighted by molar-refractivity contribution is 7.21. The number of halogens is 2. The van der Waals surface area contributed by atoms with Gasteiger partial charge in [-0.1, -0.05) is 12.1 Å². The Morgan fingerprint density at radius 3 is 2.72 bits per heavy atom. The van der Waals surface area contributed by atoms with Crippen LogP contribution in [0, 0.1) is 6.92 Å². The molecule has 0 spiro atoms. The molecule has 0 aliphatic carbocycles. The molecule has 0 aliphatic heterocycles. The minimum absolute atomic E-state index is 0.0166. The summed E-state index contributed by atoms with van der Waals surface area (Å²) in [6.45, 7) is 1.60. The third-order valence-corrected chi connectivity index (χ3v) is 5.85. The summed E-state index contributed by atoms with van der Waals surface area (Å²) in [4.78, 5) is 29.0. The number of nitrogens with two attached hydrogens (primary N) is 1. The fraction of sp³-hybridized carbons (Fsp3) is 0.143. The van der Waals surface area contributed by atoms with Gasteiger partial charge in [-0.15, -0.1) is 11.3 Å². The number of alkyl halides is 2. The summed E-state index contributed by atoms with van der Waals surface area (Å²) in [7, 11) is 1.55. The van der Waals surface area contributed by atoms with E-state index in [1.54, 1.807) is 38.3 Å². The van der Waals surface area contributed by atoms with Crippen LogP contribution >= 0.6 is 11.3 Å². The van der Waals surface area contributed by atoms with Crippen molar-refractivity contribution < 1.29 is 23.1 Å². The molecule has 0 atom stereocenters. The summed E-state index contributed by atoms with van der Waals surface area (Å²) in [5.74, 6) is -0.743. The van der Waals surface area contributed by atoms with Crippen LogP contribution in [0.4, 0.5) is 14.5 Å². The van der Waals surface area contributed by atoms with Gasteiger partial charge in [-0.3, -0.25) is 14.7 Å². The number of ether oxygens (including phenoxy) is 1. The Labute approximate surface area is 184 Å². The number of aromatic amines is 1. The summed E-state index contributed by atoms with van der Waals surface area (Å²) in [6, 6.07) is 9.92. The maximum atomic E-state index is 13.1. The van der Waals surface area contributed by atoms with Crippen LogP contribution in [0.25, 0.3) is 21.5 Å². The fourth-order valence-electron chi connectivity index (χ4n) is 3.26. The Bertz CT molecular complexity index is 1350. The van der Waals surface area contributed by atoms with Gasteiger partial charge in [0.2, 0.25) is 0 Å². The van der Waals surface area contributed by atoms with E-state index in [1.807, 2.05) is 6.07 Å². The highest BCUT2D eigenvalue weighted by Gasteiger charge is 2.24. The zero-order valence-corrected chi connectivity index (χ0v) is 17.7. The molecule has 4 aromatic rings. The number of primary amides is 1. The Morgan fingerprint density at radius 2 is 2.03 bits per heavy atom. The molecule has 3 aromatic heterocycles. The van der Waals surface area contributed by atoms with Crippen LogP contribution in [-0.4, -0.2) is 34.1 Å². The van der Waals surface area contributed by atoms with Gasteiger partial charge in [-0.05, 0) is 36.8 Å². The first kappa shape index (κ1) is 21.4. The molecule has 0 saturated heterocycles. The topological polar surface area (TPSA) is 123 Å². The molecule has 4 rings (SSSR count). The maximum absolute atomic E-state index is 13.1. The van der Waals surface area contributed by atoms with E-state index in [-0.39, 0.29) is 21.1 Å². The molecule has 8 nitrogen and oxygen atoms in total. The molecular weight excluding hydrogens is 440 g/mol.